The molecule has 146 valence electrons. The van der Waals surface area contributed by atoms with Gasteiger partial charge in [-0.2, -0.15) is 5.10 Å². The van der Waals surface area contributed by atoms with Crippen molar-refractivity contribution in [1.82, 2.24) is 15.2 Å². The zero-order chi connectivity index (χ0) is 19.9. The SMILES string of the molecule is Cc1ccccc1/C(Cc1cccc(C(=O)N2CCN(C)CC2)c1)=N\NC=O. The number of hydrazone groups is 1. The van der Waals surface area contributed by atoms with Crippen LogP contribution >= 0.6 is 0 Å². The highest BCUT2D eigenvalue weighted by molar-refractivity contribution is 6.03. The van der Waals surface area contributed by atoms with Gasteiger partial charge in [0.25, 0.3) is 5.91 Å². The zero-order valence-electron chi connectivity index (χ0n) is 16.4. The van der Waals surface area contributed by atoms with Crippen LogP contribution in [0.2, 0.25) is 0 Å². The Kier molecular flexibility index (Phi) is 6.55. The number of likely N-dealkylation sites (N-methyl/N-ethyl adjacent to an activating group) is 1. The molecule has 1 aliphatic rings. The number of piperazine rings is 1. The average Bonchev–Trinajstić information content (AvgIpc) is 2.72. The smallest absolute Gasteiger partial charge is 0.253 e. The van der Waals surface area contributed by atoms with E-state index >= 15 is 0 Å². The predicted octanol–water partition coefficient (Wildman–Crippen LogP) is 2.08. The molecule has 0 radical (unpaired) electrons. The van der Waals surface area contributed by atoms with E-state index in [0.29, 0.717) is 18.4 Å². The fraction of sp³-hybridized carbons (Fsp3) is 0.318. The summed E-state index contributed by atoms with van der Waals surface area (Å²) in [5, 5.41) is 4.24. The molecule has 0 unspecified atom stereocenters. The average molecular weight is 378 g/mol. The van der Waals surface area contributed by atoms with Crippen molar-refractivity contribution in [2.24, 2.45) is 5.10 Å². The number of aryl methyl sites for hydroxylation is 1. The van der Waals surface area contributed by atoms with E-state index in [-0.39, 0.29) is 5.91 Å². The lowest BCUT2D eigenvalue weighted by Crippen LogP contribution is -2.47. The van der Waals surface area contributed by atoms with Crippen LogP contribution in [-0.4, -0.2) is 61.1 Å². The molecule has 1 aliphatic heterocycles. The maximum absolute atomic E-state index is 12.9. The summed E-state index contributed by atoms with van der Waals surface area (Å²) in [4.78, 5) is 27.7. The number of benzene rings is 2. The predicted molar refractivity (Wildman–Crippen MR) is 110 cm³/mol. The van der Waals surface area contributed by atoms with Gasteiger partial charge in [-0.15, -0.1) is 0 Å². The van der Waals surface area contributed by atoms with E-state index in [4.69, 9.17) is 0 Å². The van der Waals surface area contributed by atoms with Gasteiger partial charge in [-0.05, 0) is 37.2 Å². The van der Waals surface area contributed by atoms with Gasteiger partial charge < -0.3 is 9.80 Å². The highest BCUT2D eigenvalue weighted by Gasteiger charge is 2.20. The van der Waals surface area contributed by atoms with E-state index in [1.807, 2.05) is 60.4 Å². The monoisotopic (exact) mass is 378 g/mol. The van der Waals surface area contributed by atoms with Crippen molar-refractivity contribution in [3.63, 3.8) is 0 Å². The maximum atomic E-state index is 12.9. The number of carbonyl (C=O) groups excluding carboxylic acids is 2. The molecule has 0 aromatic heterocycles. The Hall–Kier alpha value is -2.99. The van der Waals surface area contributed by atoms with Crippen LogP contribution in [0, 0.1) is 6.92 Å². The summed E-state index contributed by atoms with van der Waals surface area (Å²) in [6.07, 6.45) is 1.08. The minimum absolute atomic E-state index is 0.0651. The molecule has 0 saturated carbocycles. The number of hydrogen-bond acceptors (Lipinski definition) is 4. The quantitative estimate of drug-likeness (QED) is 0.475. The molecule has 6 heteroatoms. The first-order chi connectivity index (χ1) is 13.6. The number of hydrogen-bond donors (Lipinski definition) is 1. The van der Waals surface area contributed by atoms with Gasteiger partial charge in [0.15, 0.2) is 0 Å². The van der Waals surface area contributed by atoms with Gasteiger partial charge in [0, 0.05) is 43.7 Å². The Morgan fingerprint density at radius 3 is 2.57 bits per heavy atom. The third-order valence-corrected chi connectivity index (χ3v) is 5.04. The number of nitrogens with one attached hydrogen (secondary N) is 1. The van der Waals surface area contributed by atoms with Crippen LogP contribution in [0.5, 0.6) is 0 Å². The van der Waals surface area contributed by atoms with Crippen LogP contribution in [0.3, 0.4) is 0 Å². The van der Waals surface area contributed by atoms with Crippen LogP contribution in [-0.2, 0) is 11.2 Å². The Balaban J connectivity index is 1.81. The summed E-state index contributed by atoms with van der Waals surface area (Å²) in [7, 11) is 2.07. The lowest BCUT2D eigenvalue weighted by molar-refractivity contribution is -0.109. The summed E-state index contributed by atoms with van der Waals surface area (Å²) in [5.74, 6) is 0.0651. The normalized spacial score (nSPS) is 15.4. The summed E-state index contributed by atoms with van der Waals surface area (Å²) >= 11 is 0. The molecule has 2 aromatic carbocycles. The summed E-state index contributed by atoms with van der Waals surface area (Å²) < 4.78 is 0. The lowest BCUT2D eigenvalue weighted by atomic mass is 9.97. The first kappa shape index (κ1) is 19.8. The number of carbonyl (C=O) groups is 2. The molecule has 1 heterocycles. The molecule has 0 bridgehead atoms. The first-order valence-electron chi connectivity index (χ1n) is 9.47. The molecule has 2 aromatic rings. The van der Waals surface area contributed by atoms with Crippen LogP contribution < -0.4 is 5.43 Å². The maximum Gasteiger partial charge on any atom is 0.253 e. The summed E-state index contributed by atoms with van der Waals surface area (Å²) in [6, 6.07) is 15.6. The fourth-order valence-corrected chi connectivity index (χ4v) is 3.40. The molecule has 1 saturated heterocycles. The van der Waals surface area contributed by atoms with Gasteiger partial charge >= 0.3 is 0 Å². The number of amides is 2. The summed E-state index contributed by atoms with van der Waals surface area (Å²) in [5.41, 5.74) is 6.91. The van der Waals surface area contributed by atoms with Crippen molar-refractivity contribution in [3.8, 4) is 0 Å². The Morgan fingerprint density at radius 1 is 1.11 bits per heavy atom. The second-order valence-corrected chi connectivity index (χ2v) is 7.09. The van der Waals surface area contributed by atoms with E-state index in [9.17, 15) is 9.59 Å². The van der Waals surface area contributed by atoms with Gasteiger partial charge in [0.05, 0.1) is 5.71 Å². The molecule has 28 heavy (non-hydrogen) atoms. The fourth-order valence-electron chi connectivity index (χ4n) is 3.40. The van der Waals surface area contributed by atoms with Crippen molar-refractivity contribution in [3.05, 3.63) is 70.8 Å². The molecule has 0 atom stereocenters. The minimum atomic E-state index is 0.0651. The Labute approximate surface area is 165 Å². The molecule has 1 N–H and O–H groups in total. The van der Waals surface area contributed by atoms with Gasteiger partial charge in [-0.3, -0.25) is 9.59 Å². The van der Waals surface area contributed by atoms with E-state index in [0.717, 1.165) is 48.6 Å². The molecule has 1 fully saturated rings. The van der Waals surface area contributed by atoms with Gasteiger partial charge in [0.2, 0.25) is 6.41 Å². The molecule has 2 amide bonds. The number of nitrogens with zero attached hydrogens (tertiary/aromatic N) is 3. The van der Waals surface area contributed by atoms with E-state index in [2.05, 4.69) is 22.5 Å². The van der Waals surface area contributed by atoms with Crippen LogP contribution in [0.25, 0.3) is 0 Å². The van der Waals surface area contributed by atoms with Gasteiger partial charge in [0.1, 0.15) is 0 Å². The third-order valence-electron chi connectivity index (χ3n) is 5.04. The van der Waals surface area contributed by atoms with Crippen molar-refractivity contribution < 1.29 is 9.59 Å². The highest BCUT2D eigenvalue weighted by Crippen LogP contribution is 2.15. The molecular weight excluding hydrogens is 352 g/mol. The third kappa shape index (κ3) is 4.84. The van der Waals surface area contributed by atoms with Crippen LogP contribution in [0.4, 0.5) is 0 Å². The Bertz CT molecular complexity index is 870. The van der Waals surface area contributed by atoms with Crippen LogP contribution in [0.1, 0.15) is 27.0 Å². The van der Waals surface area contributed by atoms with Crippen LogP contribution in [0.15, 0.2) is 53.6 Å². The second kappa shape index (κ2) is 9.28. The molecule has 3 rings (SSSR count). The van der Waals surface area contributed by atoms with E-state index in [1.165, 1.54) is 0 Å². The second-order valence-electron chi connectivity index (χ2n) is 7.09. The standard InChI is InChI=1S/C22H26N4O2/c1-17-6-3-4-9-20(17)21(24-23-16-27)15-18-7-5-8-19(14-18)22(28)26-12-10-25(2)11-13-26/h3-9,14,16H,10-13,15H2,1-2H3,(H,23,27)/b24-21-. The minimum Gasteiger partial charge on any atom is -0.336 e. The van der Waals surface area contributed by atoms with Crippen molar-refractivity contribution in [2.45, 2.75) is 13.3 Å². The van der Waals surface area contributed by atoms with Crippen molar-refractivity contribution >= 4 is 18.0 Å². The molecule has 6 nitrogen and oxygen atoms in total. The first-order valence-corrected chi connectivity index (χ1v) is 9.47. The summed E-state index contributed by atoms with van der Waals surface area (Å²) in [6.45, 7) is 5.30. The topological polar surface area (TPSA) is 65.0 Å². The van der Waals surface area contributed by atoms with E-state index < -0.39 is 0 Å². The van der Waals surface area contributed by atoms with Gasteiger partial charge in [-0.1, -0.05) is 36.4 Å². The van der Waals surface area contributed by atoms with Crippen molar-refractivity contribution in [1.29, 1.82) is 0 Å². The van der Waals surface area contributed by atoms with E-state index in [1.54, 1.807) is 0 Å². The highest BCUT2D eigenvalue weighted by atomic mass is 16.2. The zero-order valence-corrected chi connectivity index (χ0v) is 16.4. The molecular formula is C22H26N4O2. The Morgan fingerprint density at radius 2 is 1.86 bits per heavy atom. The van der Waals surface area contributed by atoms with Gasteiger partial charge in [-0.25, -0.2) is 5.43 Å². The number of rotatable bonds is 6. The van der Waals surface area contributed by atoms with Crippen molar-refractivity contribution in [2.75, 3.05) is 33.2 Å². The lowest BCUT2D eigenvalue weighted by Gasteiger charge is -2.32. The molecule has 0 aliphatic carbocycles. The molecule has 0 spiro atoms. The largest absolute Gasteiger partial charge is 0.336 e.